The first-order valence-electron chi connectivity index (χ1n) is 5.08. The number of aliphatic hydroxyl groups is 1. The highest BCUT2D eigenvalue weighted by Gasteiger charge is 2.10. The Kier molecular flexibility index (Phi) is 4.78. The summed E-state index contributed by atoms with van der Waals surface area (Å²) in [5.74, 6) is -0.0319. The van der Waals surface area contributed by atoms with E-state index in [2.05, 4.69) is 22.0 Å². The molecule has 0 aliphatic heterocycles. The Labute approximate surface area is 104 Å². The molecule has 1 atom stereocenters. The van der Waals surface area contributed by atoms with Gasteiger partial charge in [-0.25, -0.2) is 0 Å². The first-order valence-corrected chi connectivity index (χ1v) is 5.87. The van der Waals surface area contributed by atoms with Gasteiger partial charge in [-0.05, 0) is 19.1 Å². The number of hydrogen-bond donors (Lipinski definition) is 1. The lowest BCUT2D eigenvalue weighted by atomic mass is 10.1. The third-order valence-electron chi connectivity index (χ3n) is 2.40. The van der Waals surface area contributed by atoms with E-state index in [0.29, 0.717) is 6.54 Å². The minimum absolute atomic E-state index is 0.00783. The highest BCUT2D eigenvalue weighted by Crippen LogP contribution is 2.25. The number of benzene rings is 1. The van der Waals surface area contributed by atoms with Crippen LogP contribution in [0.3, 0.4) is 0 Å². The molecule has 0 aliphatic carbocycles. The minimum Gasteiger partial charge on any atom is -0.392 e. The molecule has 86 valence electrons. The fourth-order valence-electron chi connectivity index (χ4n) is 1.58. The van der Waals surface area contributed by atoms with E-state index in [4.69, 9.17) is 5.26 Å². The van der Waals surface area contributed by atoms with Gasteiger partial charge in [-0.1, -0.05) is 22.0 Å². The molecule has 0 aliphatic rings. The van der Waals surface area contributed by atoms with Gasteiger partial charge >= 0.3 is 0 Å². The fourth-order valence-corrected chi connectivity index (χ4v) is 1.93. The van der Waals surface area contributed by atoms with E-state index in [1.165, 1.54) is 0 Å². The van der Waals surface area contributed by atoms with E-state index in [1.54, 1.807) is 0 Å². The van der Waals surface area contributed by atoms with E-state index in [9.17, 15) is 5.11 Å². The predicted molar refractivity (Wildman–Crippen MR) is 68.1 cm³/mol. The number of anilines is 1. The quantitative estimate of drug-likeness (QED) is 0.923. The highest BCUT2D eigenvalue weighted by atomic mass is 79.9. The average molecular weight is 283 g/mol. The molecule has 0 bridgehead atoms. The van der Waals surface area contributed by atoms with Gasteiger partial charge in [0.25, 0.3) is 0 Å². The molecule has 0 saturated heterocycles. The van der Waals surface area contributed by atoms with Gasteiger partial charge in [0.2, 0.25) is 0 Å². The van der Waals surface area contributed by atoms with Gasteiger partial charge in [-0.3, -0.25) is 0 Å². The molecule has 16 heavy (non-hydrogen) atoms. The molecular formula is C12H15BrN2O. The maximum absolute atomic E-state index is 9.24. The van der Waals surface area contributed by atoms with Crippen molar-refractivity contribution >= 4 is 21.6 Å². The summed E-state index contributed by atoms with van der Waals surface area (Å²) in [5.41, 5.74) is 1.83. The number of hydrogen-bond acceptors (Lipinski definition) is 3. The SMILES string of the molecule is CC(C#N)CN(C)c1cc(Br)ccc1CO. The summed E-state index contributed by atoms with van der Waals surface area (Å²) >= 11 is 3.40. The molecule has 0 saturated carbocycles. The largest absolute Gasteiger partial charge is 0.392 e. The number of nitrogens with zero attached hydrogens (tertiary/aromatic N) is 2. The molecule has 1 aromatic rings. The van der Waals surface area contributed by atoms with Crippen molar-refractivity contribution in [2.75, 3.05) is 18.5 Å². The van der Waals surface area contributed by atoms with Gasteiger partial charge in [-0.2, -0.15) is 5.26 Å². The van der Waals surface area contributed by atoms with Crippen molar-refractivity contribution in [1.82, 2.24) is 0 Å². The molecular weight excluding hydrogens is 268 g/mol. The Morgan fingerprint density at radius 3 is 2.81 bits per heavy atom. The topological polar surface area (TPSA) is 47.3 Å². The van der Waals surface area contributed by atoms with Gasteiger partial charge in [-0.15, -0.1) is 0 Å². The van der Waals surface area contributed by atoms with Crippen molar-refractivity contribution in [3.05, 3.63) is 28.2 Å². The lowest BCUT2D eigenvalue weighted by Crippen LogP contribution is -2.24. The summed E-state index contributed by atoms with van der Waals surface area (Å²) in [6.07, 6.45) is 0. The van der Waals surface area contributed by atoms with Gasteiger partial charge in [0.15, 0.2) is 0 Å². The predicted octanol–water partition coefficient (Wildman–Crippen LogP) is 2.54. The van der Waals surface area contributed by atoms with Crippen molar-refractivity contribution in [3.8, 4) is 6.07 Å². The number of nitriles is 1. The van der Waals surface area contributed by atoms with Crippen LogP contribution >= 0.6 is 15.9 Å². The average Bonchev–Trinajstić information content (AvgIpc) is 2.28. The van der Waals surface area contributed by atoms with Crippen molar-refractivity contribution in [2.45, 2.75) is 13.5 Å². The van der Waals surface area contributed by atoms with Crippen LogP contribution in [0.4, 0.5) is 5.69 Å². The van der Waals surface area contributed by atoms with Gasteiger partial charge in [0.05, 0.1) is 18.6 Å². The zero-order valence-electron chi connectivity index (χ0n) is 9.44. The van der Waals surface area contributed by atoms with E-state index in [-0.39, 0.29) is 12.5 Å². The maximum atomic E-state index is 9.24. The van der Waals surface area contributed by atoms with Crippen LogP contribution in [0.1, 0.15) is 12.5 Å². The van der Waals surface area contributed by atoms with E-state index >= 15 is 0 Å². The van der Waals surface area contributed by atoms with Crippen LogP contribution in [0.15, 0.2) is 22.7 Å². The second-order valence-corrected chi connectivity index (χ2v) is 4.76. The highest BCUT2D eigenvalue weighted by molar-refractivity contribution is 9.10. The third-order valence-corrected chi connectivity index (χ3v) is 2.89. The normalized spacial score (nSPS) is 11.9. The van der Waals surface area contributed by atoms with Crippen molar-refractivity contribution in [1.29, 1.82) is 5.26 Å². The number of aliphatic hydroxyl groups excluding tert-OH is 1. The molecule has 1 N–H and O–H groups in total. The lowest BCUT2D eigenvalue weighted by molar-refractivity contribution is 0.282. The van der Waals surface area contributed by atoms with Crippen LogP contribution in [0.2, 0.25) is 0 Å². The van der Waals surface area contributed by atoms with Gasteiger partial charge in [0, 0.05) is 29.3 Å². The van der Waals surface area contributed by atoms with Gasteiger partial charge < -0.3 is 10.0 Å². The zero-order valence-corrected chi connectivity index (χ0v) is 11.0. The second-order valence-electron chi connectivity index (χ2n) is 3.84. The zero-order chi connectivity index (χ0) is 12.1. The van der Waals surface area contributed by atoms with Crippen molar-refractivity contribution < 1.29 is 5.11 Å². The second kappa shape index (κ2) is 5.88. The summed E-state index contributed by atoms with van der Waals surface area (Å²) in [4.78, 5) is 1.99. The minimum atomic E-state index is -0.0319. The molecule has 0 spiro atoms. The summed E-state index contributed by atoms with van der Waals surface area (Å²) < 4.78 is 0.969. The standard InChI is InChI=1S/C12H15BrN2O/c1-9(6-14)7-15(2)12-5-11(13)4-3-10(12)8-16/h3-5,9,16H,7-8H2,1-2H3. The Morgan fingerprint density at radius 2 is 2.25 bits per heavy atom. The summed E-state index contributed by atoms with van der Waals surface area (Å²) in [6.45, 7) is 2.54. The molecule has 1 rings (SSSR count). The smallest absolute Gasteiger partial charge is 0.0702 e. The van der Waals surface area contributed by atoms with E-state index in [1.807, 2.05) is 37.1 Å². The van der Waals surface area contributed by atoms with Crippen molar-refractivity contribution in [2.24, 2.45) is 5.92 Å². The summed E-state index contributed by atoms with van der Waals surface area (Å²) in [7, 11) is 1.93. The number of rotatable bonds is 4. The van der Waals surface area contributed by atoms with Crippen LogP contribution in [0.5, 0.6) is 0 Å². The van der Waals surface area contributed by atoms with E-state index < -0.39 is 0 Å². The summed E-state index contributed by atoms with van der Waals surface area (Å²) in [5, 5.41) is 18.0. The first kappa shape index (κ1) is 13.0. The fraction of sp³-hybridized carbons (Fsp3) is 0.417. The summed E-state index contributed by atoms with van der Waals surface area (Å²) in [6, 6.07) is 7.94. The van der Waals surface area contributed by atoms with Crippen LogP contribution in [0, 0.1) is 17.2 Å². The molecule has 0 heterocycles. The van der Waals surface area contributed by atoms with Crippen molar-refractivity contribution in [3.63, 3.8) is 0 Å². The Hall–Kier alpha value is -1.05. The lowest BCUT2D eigenvalue weighted by Gasteiger charge is -2.23. The maximum Gasteiger partial charge on any atom is 0.0702 e. The Bertz CT molecular complexity index is 400. The third kappa shape index (κ3) is 3.22. The molecule has 0 amide bonds. The Morgan fingerprint density at radius 1 is 1.56 bits per heavy atom. The van der Waals surface area contributed by atoms with Crippen LogP contribution in [-0.2, 0) is 6.61 Å². The van der Waals surface area contributed by atoms with Crippen LogP contribution < -0.4 is 4.90 Å². The number of halogens is 1. The molecule has 4 heteroatoms. The first-order chi connectivity index (χ1) is 7.58. The van der Waals surface area contributed by atoms with Crippen LogP contribution in [0.25, 0.3) is 0 Å². The molecule has 0 fully saturated rings. The molecule has 1 aromatic carbocycles. The monoisotopic (exact) mass is 282 g/mol. The Balaban J connectivity index is 2.93. The molecule has 0 radical (unpaired) electrons. The molecule has 3 nitrogen and oxygen atoms in total. The van der Waals surface area contributed by atoms with Gasteiger partial charge in [0.1, 0.15) is 0 Å². The molecule has 1 unspecified atom stereocenters. The van der Waals surface area contributed by atoms with E-state index in [0.717, 1.165) is 15.7 Å². The molecule has 0 aromatic heterocycles. The van der Waals surface area contributed by atoms with Crippen LogP contribution in [-0.4, -0.2) is 18.7 Å².